The summed E-state index contributed by atoms with van der Waals surface area (Å²) in [6.07, 6.45) is 0. The molecule has 0 aliphatic carbocycles. The Morgan fingerprint density at radius 2 is 1.76 bits per heavy atom. The number of hydrogen-bond donors (Lipinski definition) is 0. The lowest BCUT2D eigenvalue weighted by molar-refractivity contribution is 0.513. The molecule has 0 saturated heterocycles. The second-order valence-electron chi connectivity index (χ2n) is 4.34. The van der Waals surface area contributed by atoms with Gasteiger partial charge in [0.05, 0.1) is 5.56 Å². The molecule has 1 atom stereocenters. The third-order valence-corrected chi connectivity index (χ3v) is 4.53. The van der Waals surface area contributed by atoms with Crippen LogP contribution in [0, 0.1) is 0 Å². The van der Waals surface area contributed by atoms with E-state index in [9.17, 15) is 0 Å². The van der Waals surface area contributed by atoms with E-state index < -0.39 is 5.38 Å². The van der Waals surface area contributed by atoms with Crippen LogP contribution in [0.2, 0.25) is 0 Å². The fourth-order valence-corrected chi connectivity index (χ4v) is 2.88. The molecule has 0 spiro atoms. The molecule has 3 aromatic rings. The van der Waals surface area contributed by atoms with Gasteiger partial charge in [-0.3, -0.25) is 0 Å². The minimum Gasteiger partial charge on any atom is -0.419 e. The van der Waals surface area contributed by atoms with Crippen LogP contribution in [-0.4, -0.2) is 10.2 Å². The van der Waals surface area contributed by atoms with Gasteiger partial charge in [-0.2, -0.15) is 0 Å². The summed E-state index contributed by atoms with van der Waals surface area (Å²) in [5.41, 5.74) is 1.74. The quantitative estimate of drug-likeness (QED) is 0.511. The molecule has 0 fully saturated rings. The molecular weight excluding hydrogens is 419 g/mol. The standard InChI is InChI=1S/C15H9Br2ClN2O/c16-10-6-7-12(17)11(8-10)14-19-20-15(21-14)13(18)9-4-2-1-3-5-9/h1-8,13H. The van der Waals surface area contributed by atoms with Crippen LogP contribution in [0.15, 0.2) is 61.9 Å². The first-order valence-electron chi connectivity index (χ1n) is 6.13. The van der Waals surface area contributed by atoms with E-state index in [1.807, 2.05) is 48.5 Å². The molecule has 6 heteroatoms. The Kier molecular flexibility index (Phi) is 4.42. The number of nitrogens with zero attached hydrogens (tertiary/aromatic N) is 2. The SMILES string of the molecule is ClC(c1ccccc1)c1nnc(-c2cc(Br)ccc2Br)o1. The van der Waals surface area contributed by atoms with E-state index in [4.69, 9.17) is 16.0 Å². The van der Waals surface area contributed by atoms with Crippen LogP contribution in [0.4, 0.5) is 0 Å². The first kappa shape index (κ1) is 14.8. The third-order valence-electron chi connectivity index (χ3n) is 2.91. The van der Waals surface area contributed by atoms with Crippen LogP contribution in [0.3, 0.4) is 0 Å². The van der Waals surface area contributed by atoms with Crippen LogP contribution >= 0.6 is 43.5 Å². The Labute approximate surface area is 143 Å². The average molecular weight is 429 g/mol. The van der Waals surface area contributed by atoms with Gasteiger partial charge in [0.25, 0.3) is 0 Å². The van der Waals surface area contributed by atoms with E-state index in [0.717, 1.165) is 20.1 Å². The molecule has 106 valence electrons. The van der Waals surface area contributed by atoms with Gasteiger partial charge < -0.3 is 4.42 Å². The highest BCUT2D eigenvalue weighted by Crippen LogP contribution is 2.33. The van der Waals surface area contributed by atoms with Crippen molar-refractivity contribution in [3.05, 3.63) is 68.9 Å². The maximum Gasteiger partial charge on any atom is 0.249 e. The van der Waals surface area contributed by atoms with E-state index in [-0.39, 0.29) is 0 Å². The lowest BCUT2D eigenvalue weighted by Crippen LogP contribution is -1.92. The predicted octanol–water partition coefficient (Wildman–Crippen LogP) is 5.59. The summed E-state index contributed by atoms with van der Waals surface area (Å²) in [6.45, 7) is 0. The maximum absolute atomic E-state index is 6.39. The molecule has 0 saturated carbocycles. The molecule has 0 bridgehead atoms. The second kappa shape index (κ2) is 6.30. The lowest BCUT2D eigenvalue weighted by atomic mass is 10.1. The fourth-order valence-electron chi connectivity index (χ4n) is 1.87. The number of hydrogen-bond acceptors (Lipinski definition) is 3. The molecule has 0 amide bonds. The monoisotopic (exact) mass is 426 g/mol. The molecule has 0 radical (unpaired) electrons. The summed E-state index contributed by atoms with van der Waals surface area (Å²) in [6, 6.07) is 15.4. The van der Waals surface area contributed by atoms with Crippen molar-refractivity contribution in [2.75, 3.05) is 0 Å². The molecular formula is C15H9Br2ClN2O. The van der Waals surface area contributed by atoms with E-state index >= 15 is 0 Å². The third kappa shape index (κ3) is 3.20. The molecule has 1 aromatic heterocycles. The van der Waals surface area contributed by atoms with Crippen LogP contribution in [0.1, 0.15) is 16.8 Å². The number of rotatable bonds is 3. The van der Waals surface area contributed by atoms with Gasteiger partial charge in [-0.1, -0.05) is 46.3 Å². The summed E-state index contributed by atoms with van der Waals surface area (Å²) in [5.74, 6) is 0.810. The minimum atomic E-state index is -0.460. The van der Waals surface area contributed by atoms with Gasteiger partial charge in [0.2, 0.25) is 11.8 Å². The number of halogens is 3. The molecule has 2 aromatic carbocycles. The summed E-state index contributed by atoms with van der Waals surface area (Å²) in [4.78, 5) is 0. The average Bonchev–Trinajstić information content (AvgIpc) is 2.99. The largest absolute Gasteiger partial charge is 0.419 e. The number of aromatic nitrogens is 2. The first-order valence-corrected chi connectivity index (χ1v) is 8.15. The summed E-state index contributed by atoms with van der Waals surface area (Å²) in [5, 5.41) is 7.68. The van der Waals surface area contributed by atoms with E-state index in [2.05, 4.69) is 42.1 Å². The second-order valence-corrected chi connectivity index (χ2v) is 6.55. The highest BCUT2D eigenvalue weighted by Gasteiger charge is 2.19. The minimum absolute atomic E-state index is 0.379. The van der Waals surface area contributed by atoms with Crippen molar-refractivity contribution < 1.29 is 4.42 Å². The smallest absolute Gasteiger partial charge is 0.249 e. The highest BCUT2D eigenvalue weighted by molar-refractivity contribution is 9.11. The van der Waals surface area contributed by atoms with Crippen molar-refractivity contribution in [2.45, 2.75) is 5.38 Å². The highest BCUT2D eigenvalue weighted by atomic mass is 79.9. The van der Waals surface area contributed by atoms with Gasteiger partial charge in [0, 0.05) is 8.95 Å². The van der Waals surface area contributed by atoms with Crippen LogP contribution in [0.5, 0.6) is 0 Å². The Hall–Kier alpha value is -1.17. The molecule has 3 rings (SSSR count). The van der Waals surface area contributed by atoms with E-state index in [0.29, 0.717) is 11.8 Å². The molecule has 1 heterocycles. The topological polar surface area (TPSA) is 38.9 Å². The molecule has 21 heavy (non-hydrogen) atoms. The summed E-state index contributed by atoms with van der Waals surface area (Å²) < 4.78 is 7.53. The van der Waals surface area contributed by atoms with Gasteiger partial charge in [0.1, 0.15) is 5.38 Å². The number of benzene rings is 2. The zero-order valence-corrected chi connectivity index (χ0v) is 14.6. The van der Waals surface area contributed by atoms with Crippen LogP contribution in [0.25, 0.3) is 11.5 Å². The molecule has 1 unspecified atom stereocenters. The zero-order valence-electron chi connectivity index (χ0n) is 10.6. The summed E-state index contributed by atoms with van der Waals surface area (Å²) >= 11 is 13.3. The van der Waals surface area contributed by atoms with Gasteiger partial charge in [-0.25, -0.2) is 0 Å². The van der Waals surface area contributed by atoms with Crippen LogP contribution in [-0.2, 0) is 0 Å². The fraction of sp³-hybridized carbons (Fsp3) is 0.0667. The van der Waals surface area contributed by atoms with Crippen molar-refractivity contribution >= 4 is 43.5 Å². The van der Waals surface area contributed by atoms with Crippen molar-refractivity contribution in [2.24, 2.45) is 0 Å². The number of alkyl halides is 1. The molecule has 0 aliphatic heterocycles. The van der Waals surface area contributed by atoms with Gasteiger partial charge in [0.15, 0.2) is 0 Å². The zero-order chi connectivity index (χ0) is 14.8. The predicted molar refractivity (Wildman–Crippen MR) is 89.3 cm³/mol. The Balaban J connectivity index is 1.95. The normalized spacial score (nSPS) is 12.3. The molecule has 0 aliphatic rings. The summed E-state index contributed by atoms with van der Waals surface area (Å²) in [7, 11) is 0. The van der Waals surface area contributed by atoms with Crippen molar-refractivity contribution in [1.29, 1.82) is 0 Å². The van der Waals surface area contributed by atoms with Crippen molar-refractivity contribution in [1.82, 2.24) is 10.2 Å². The molecule has 0 N–H and O–H groups in total. The Morgan fingerprint density at radius 1 is 1.00 bits per heavy atom. The maximum atomic E-state index is 6.39. The molecule has 3 nitrogen and oxygen atoms in total. The van der Waals surface area contributed by atoms with Crippen molar-refractivity contribution in [3.8, 4) is 11.5 Å². The lowest BCUT2D eigenvalue weighted by Gasteiger charge is -2.04. The van der Waals surface area contributed by atoms with E-state index in [1.54, 1.807) is 0 Å². The van der Waals surface area contributed by atoms with Gasteiger partial charge in [-0.15, -0.1) is 21.8 Å². The van der Waals surface area contributed by atoms with E-state index in [1.165, 1.54) is 0 Å². The van der Waals surface area contributed by atoms with Crippen molar-refractivity contribution in [3.63, 3.8) is 0 Å². The Bertz CT molecular complexity index is 761. The Morgan fingerprint density at radius 3 is 2.52 bits per heavy atom. The van der Waals surface area contributed by atoms with Gasteiger partial charge in [-0.05, 0) is 39.7 Å². The van der Waals surface area contributed by atoms with Crippen LogP contribution < -0.4 is 0 Å². The van der Waals surface area contributed by atoms with Gasteiger partial charge >= 0.3 is 0 Å². The first-order chi connectivity index (χ1) is 10.1.